The molecule has 0 aromatic rings. The zero-order valence-corrected chi connectivity index (χ0v) is 54.7. The summed E-state index contributed by atoms with van der Waals surface area (Å²) in [6.45, 7) is -1.12. The SMILES string of the molecule is COC1C(OC(=O)C2CC(O)C(O)C(OC(=O)C3CC(O)C(O)C(O)C3)C2)C(COC(=O)C2CC(O)C(O)C(OC(=O)C3CC(O)C(O)C(O)C3)C2)OC(OC(=O)C2CC(O)C(O)C(OC(=O)C3CC(O)C(O)C(O)C3)C2)C1OC(=O)C1CC(O)C(O)C(OC(=O)C2CC(O)C(O)C(O)C2)C1. The molecule has 38 nitrogen and oxygen atoms in total. The van der Waals surface area contributed by atoms with Gasteiger partial charge < -0.3 is 149 Å². The Morgan fingerprint density at radius 3 is 0.723 bits per heavy atom. The summed E-state index contributed by atoms with van der Waals surface area (Å²) >= 11 is 0. The minimum atomic E-state index is -2.37. The van der Waals surface area contributed by atoms with Crippen LogP contribution in [0.15, 0.2) is 0 Å². The number of carbonyl (C=O) groups is 8. The standard InChI is InChI=1S/C63H94O38/c1-92-53-52(99-60(89)24-11-36(73)49(81)40(15-24)95-57(86)20-4-29(66)45(77)30(67)5-20)43(18-93-55(84)23-10-35(72)48(80)39(14-23)94-56(85)19-2-27(64)44(76)28(65)3-19)98-63(101-62(91)26-13-38(75)51(83)42(17-26)97-59(88)22-8-33(70)47(79)34(71)9-22)54(53)100-61(90)25-12-37(74)50(82)41(16-25)96-58(87)21-6-31(68)46(78)32(69)7-21/h19-54,63-83H,2-18H2,1H3. The minimum Gasteiger partial charge on any atom is -0.463 e. The molecule has 9 rings (SSSR count). The average molecular weight is 1460 g/mol. The Bertz CT molecular complexity index is 2820. The summed E-state index contributed by atoms with van der Waals surface area (Å²) in [7, 11) is 0.943. The van der Waals surface area contributed by atoms with Crippen molar-refractivity contribution in [2.24, 2.45) is 47.3 Å². The normalized spacial score (nSPS) is 46.7. The summed E-state index contributed by atoms with van der Waals surface area (Å²) < 4.78 is 58.0. The largest absolute Gasteiger partial charge is 0.463 e. The molecule has 0 amide bonds. The number of aliphatic hydroxyl groups excluding tert-OH is 20. The first-order valence-electron chi connectivity index (χ1n) is 33.9. The Morgan fingerprint density at radius 2 is 0.465 bits per heavy atom. The number of carbonyl (C=O) groups excluding carboxylic acids is 8. The molecule has 8 aliphatic carbocycles. The molecule has 574 valence electrons. The van der Waals surface area contributed by atoms with Crippen molar-refractivity contribution in [3.8, 4) is 0 Å². The van der Waals surface area contributed by atoms with Crippen LogP contribution in [-0.2, 0) is 85.7 Å². The Kier molecular flexibility index (Phi) is 26.9. The highest BCUT2D eigenvalue weighted by atomic mass is 16.7. The third-order valence-corrected chi connectivity index (χ3v) is 21.4. The molecular weight excluding hydrogens is 1360 g/mol. The number of rotatable bonds is 18. The van der Waals surface area contributed by atoms with Crippen molar-refractivity contribution in [1.29, 1.82) is 0 Å². The molecule has 0 aromatic heterocycles. The summed E-state index contributed by atoms with van der Waals surface area (Å²) in [6, 6.07) is 0. The van der Waals surface area contributed by atoms with Crippen LogP contribution < -0.4 is 0 Å². The van der Waals surface area contributed by atoms with Crippen LogP contribution in [0.3, 0.4) is 0 Å². The van der Waals surface area contributed by atoms with E-state index < -0.39 is 369 Å². The monoisotopic (exact) mass is 1460 g/mol. The van der Waals surface area contributed by atoms with Crippen LogP contribution >= 0.6 is 0 Å². The zero-order valence-electron chi connectivity index (χ0n) is 54.7. The van der Waals surface area contributed by atoms with E-state index in [1.54, 1.807) is 0 Å². The van der Waals surface area contributed by atoms with Crippen LogP contribution in [0.5, 0.6) is 0 Å². The Hall–Kier alpha value is -5.12. The summed E-state index contributed by atoms with van der Waals surface area (Å²) in [5.41, 5.74) is 0. The van der Waals surface area contributed by atoms with Gasteiger partial charge in [0.15, 0.2) is 12.2 Å². The van der Waals surface area contributed by atoms with Gasteiger partial charge in [0.25, 0.3) is 0 Å². The lowest BCUT2D eigenvalue weighted by Crippen LogP contribution is -2.64. The van der Waals surface area contributed by atoms with Gasteiger partial charge in [-0.05, 0) is 77.0 Å². The van der Waals surface area contributed by atoms with Gasteiger partial charge in [-0.1, -0.05) is 0 Å². The van der Waals surface area contributed by atoms with E-state index in [1.165, 1.54) is 0 Å². The fraction of sp³-hybridized carbons (Fsp3) is 0.873. The molecular formula is C63H94O38. The first kappa shape index (κ1) is 80.0. The van der Waals surface area contributed by atoms with Crippen LogP contribution in [0.25, 0.3) is 0 Å². The molecule has 20 N–H and O–H groups in total. The van der Waals surface area contributed by atoms with Crippen LogP contribution in [-0.4, -0.2) is 341 Å². The molecule has 0 radical (unpaired) electrons. The first-order valence-corrected chi connectivity index (χ1v) is 33.9. The summed E-state index contributed by atoms with van der Waals surface area (Å²) in [4.78, 5) is 112. The molecule has 38 heteroatoms. The fourth-order valence-corrected chi connectivity index (χ4v) is 15.2. The second-order valence-electron chi connectivity index (χ2n) is 28.6. The molecule has 0 aromatic carbocycles. The maximum Gasteiger partial charge on any atom is 0.311 e. The molecule has 1 saturated heterocycles. The predicted octanol–water partition coefficient (Wildman–Crippen LogP) is -10.2. The van der Waals surface area contributed by atoms with Gasteiger partial charge in [-0.3, -0.25) is 38.4 Å². The van der Waals surface area contributed by atoms with Crippen molar-refractivity contribution < 1.29 is 188 Å². The average Bonchev–Trinajstić information content (AvgIpc) is 0.776. The van der Waals surface area contributed by atoms with E-state index >= 15 is 0 Å². The van der Waals surface area contributed by atoms with E-state index in [0.717, 1.165) is 7.11 Å². The number of esters is 8. The van der Waals surface area contributed by atoms with Crippen molar-refractivity contribution in [1.82, 2.24) is 0 Å². The number of ether oxygens (including phenoxy) is 10. The summed E-state index contributed by atoms with van der Waals surface area (Å²) in [6.07, 6.45) is -59.6. The Morgan fingerprint density at radius 1 is 0.257 bits per heavy atom. The van der Waals surface area contributed by atoms with Crippen LogP contribution in [0.1, 0.15) is 103 Å². The molecule has 9 aliphatic rings. The maximum absolute atomic E-state index is 14.8. The molecule has 0 spiro atoms. The second kappa shape index (κ2) is 34.0. The highest BCUT2D eigenvalue weighted by molar-refractivity contribution is 5.78. The van der Waals surface area contributed by atoms with E-state index in [0.29, 0.717) is 0 Å². The zero-order chi connectivity index (χ0) is 74.1. The lowest BCUT2D eigenvalue weighted by Gasteiger charge is -2.45. The molecule has 0 bridgehead atoms. The maximum atomic E-state index is 14.8. The van der Waals surface area contributed by atoms with E-state index in [1.807, 2.05) is 0 Å². The van der Waals surface area contributed by atoms with Gasteiger partial charge in [0, 0.05) is 32.8 Å². The predicted molar refractivity (Wildman–Crippen MR) is 318 cm³/mol. The van der Waals surface area contributed by atoms with Crippen molar-refractivity contribution >= 4 is 47.8 Å². The van der Waals surface area contributed by atoms with Crippen molar-refractivity contribution in [2.45, 2.75) is 280 Å². The number of aliphatic hydroxyl groups is 20. The van der Waals surface area contributed by atoms with Crippen molar-refractivity contribution in [2.75, 3.05) is 13.7 Å². The van der Waals surface area contributed by atoms with E-state index in [9.17, 15) is 140 Å². The molecule has 1 heterocycles. The lowest BCUT2D eigenvalue weighted by molar-refractivity contribution is -0.306. The fourth-order valence-electron chi connectivity index (χ4n) is 15.2. The van der Waals surface area contributed by atoms with Gasteiger partial charge in [0.05, 0.1) is 121 Å². The Balaban J connectivity index is 1.01. The van der Waals surface area contributed by atoms with Gasteiger partial charge in [-0.2, -0.15) is 0 Å². The molecule has 8 saturated carbocycles. The van der Waals surface area contributed by atoms with Gasteiger partial charge in [0.1, 0.15) is 92.1 Å². The molecule has 29 unspecified atom stereocenters. The van der Waals surface area contributed by atoms with Crippen molar-refractivity contribution in [3.63, 3.8) is 0 Å². The third-order valence-electron chi connectivity index (χ3n) is 21.4. The third kappa shape index (κ3) is 18.6. The van der Waals surface area contributed by atoms with Gasteiger partial charge in [-0.25, -0.2) is 0 Å². The lowest BCUT2D eigenvalue weighted by atomic mass is 9.81. The highest BCUT2D eigenvalue weighted by Gasteiger charge is 2.57. The van der Waals surface area contributed by atoms with Gasteiger partial charge >= 0.3 is 47.8 Å². The molecule has 9 fully saturated rings. The quantitative estimate of drug-likeness (QED) is 0.0448. The topological polar surface area (TPSA) is 633 Å². The first-order chi connectivity index (χ1) is 47.5. The van der Waals surface area contributed by atoms with Gasteiger partial charge in [-0.15, -0.1) is 0 Å². The minimum absolute atomic E-state index is 0.380. The van der Waals surface area contributed by atoms with E-state index in [-0.39, 0.29) is 12.8 Å². The molecule has 1 aliphatic heterocycles. The van der Waals surface area contributed by atoms with Crippen LogP contribution in [0.4, 0.5) is 0 Å². The van der Waals surface area contributed by atoms with Crippen molar-refractivity contribution in [3.05, 3.63) is 0 Å². The number of hydrogen-bond acceptors (Lipinski definition) is 38. The summed E-state index contributed by atoms with van der Waals surface area (Å²) in [5, 5.41) is 211. The van der Waals surface area contributed by atoms with Crippen LogP contribution in [0.2, 0.25) is 0 Å². The molecule has 101 heavy (non-hydrogen) atoms. The highest BCUT2D eigenvalue weighted by Crippen LogP contribution is 2.41. The second-order valence-corrected chi connectivity index (χ2v) is 28.6. The number of methoxy groups -OCH3 is 1. The molecule has 29 atom stereocenters. The van der Waals surface area contributed by atoms with Gasteiger partial charge in [0.2, 0.25) is 6.29 Å². The van der Waals surface area contributed by atoms with Crippen LogP contribution in [0, 0.1) is 47.3 Å². The Labute approximate surface area is 575 Å². The summed E-state index contributed by atoms with van der Waals surface area (Å²) in [5.74, 6) is -21.0. The van der Waals surface area contributed by atoms with E-state index in [2.05, 4.69) is 0 Å². The number of hydrogen-bond donors (Lipinski definition) is 20. The smallest absolute Gasteiger partial charge is 0.311 e. The van der Waals surface area contributed by atoms with E-state index in [4.69, 9.17) is 47.4 Å².